The predicted molar refractivity (Wildman–Crippen MR) is 80.2 cm³/mol. The van der Waals surface area contributed by atoms with Crippen LogP contribution < -0.4 is 5.73 Å². The molecule has 0 bridgehead atoms. The minimum absolute atomic E-state index is 0.476. The standard InChI is InChI=1S/C13H14ClN7/c1-3-11-12(7-20(2)17-11)21-13(16-18-19-21)8-4-5-10(15)9(14)6-8/h4-7H,3,15H2,1-2H3. The normalized spacial score (nSPS) is 11.0. The number of aromatic nitrogens is 6. The van der Waals surface area contributed by atoms with Crippen molar-refractivity contribution in [2.45, 2.75) is 13.3 Å². The molecule has 2 aromatic heterocycles. The van der Waals surface area contributed by atoms with Crippen molar-refractivity contribution in [2.24, 2.45) is 7.05 Å². The molecule has 8 heteroatoms. The molecule has 0 spiro atoms. The van der Waals surface area contributed by atoms with E-state index >= 15 is 0 Å². The lowest BCUT2D eigenvalue weighted by atomic mass is 10.2. The fraction of sp³-hybridized carbons (Fsp3) is 0.231. The van der Waals surface area contributed by atoms with Crippen LogP contribution in [0.4, 0.5) is 5.69 Å². The van der Waals surface area contributed by atoms with Gasteiger partial charge in [-0.1, -0.05) is 18.5 Å². The molecule has 0 aliphatic carbocycles. The Morgan fingerprint density at radius 2 is 2.14 bits per heavy atom. The molecule has 0 atom stereocenters. The summed E-state index contributed by atoms with van der Waals surface area (Å²) >= 11 is 6.07. The van der Waals surface area contributed by atoms with Crippen molar-refractivity contribution in [3.8, 4) is 17.1 Å². The largest absolute Gasteiger partial charge is 0.398 e. The molecule has 1 aromatic carbocycles. The molecule has 3 rings (SSSR count). The molecule has 0 unspecified atom stereocenters. The summed E-state index contributed by atoms with van der Waals surface area (Å²) in [5.41, 5.74) is 8.83. The van der Waals surface area contributed by atoms with Crippen LogP contribution in [-0.2, 0) is 13.5 Å². The zero-order chi connectivity index (χ0) is 15.0. The van der Waals surface area contributed by atoms with Gasteiger partial charge in [0.25, 0.3) is 0 Å². The zero-order valence-corrected chi connectivity index (χ0v) is 12.4. The third-order valence-corrected chi connectivity index (χ3v) is 3.50. The Bertz CT molecular complexity index is 790. The highest BCUT2D eigenvalue weighted by atomic mass is 35.5. The Morgan fingerprint density at radius 3 is 2.86 bits per heavy atom. The van der Waals surface area contributed by atoms with Gasteiger partial charge in [0.05, 0.1) is 22.6 Å². The average molecular weight is 304 g/mol. The van der Waals surface area contributed by atoms with Gasteiger partial charge in [0.15, 0.2) is 5.82 Å². The zero-order valence-electron chi connectivity index (χ0n) is 11.7. The van der Waals surface area contributed by atoms with Crippen molar-refractivity contribution < 1.29 is 0 Å². The van der Waals surface area contributed by atoms with Crippen LogP contribution >= 0.6 is 11.6 Å². The van der Waals surface area contributed by atoms with Gasteiger partial charge >= 0.3 is 0 Å². The first kappa shape index (κ1) is 13.6. The third kappa shape index (κ3) is 2.36. The monoisotopic (exact) mass is 303 g/mol. The molecule has 108 valence electrons. The van der Waals surface area contributed by atoms with Gasteiger partial charge < -0.3 is 5.73 Å². The summed E-state index contributed by atoms with van der Waals surface area (Å²) in [7, 11) is 1.87. The Labute approximate surface area is 126 Å². The van der Waals surface area contributed by atoms with Crippen LogP contribution in [0, 0.1) is 0 Å². The number of anilines is 1. The first-order valence-corrected chi connectivity index (χ1v) is 6.84. The van der Waals surface area contributed by atoms with E-state index in [-0.39, 0.29) is 0 Å². The Hall–Kier alpha value is -2.41. The Kier molecular flexibility index (Phi) is 3.34. The van der Waals surface area contributed by atoms with E-state index < -0.39 is 0 Å². The number of nitrogens with zero attached hydrogens (tertiary/aromatic N) is 6. The third-order valence-electron chi connectivity index (χ3n) is 3.17. The molecule has 0 aliphatic heterocycles. The van der Waals surface area contributed by atoms with E-state index in [0.717, 1.165) is 23.4 Å². The topological polar surface area (TPSA) is 87.4 Å². The van der Waals surface area contributed by atoms with Crippen molar-refractivity contribution in [3.63, 3.8) is 0 Å². The van der Waals surface area contributed by atoms with Gasteiger partial charge in [-0.2, -0.15) is 9.78 Å². The van der Waals surface area contributed by atoms with E-state index in [1.54, 1.807) is 21.5 Å². The number of halogens is 1. The second-order valence-electron chi connectivity index (χ2n) is 4.64. The molecule has 0 fully saturated rings. The van der Waals surface area contributed by atoms with Crippen LogP contribution in [-0.4, -0.2) is 30.0 Å². The van der Waals surface area contributed by atoms with Crippen LogP contribution in [0.15, 0.2) is 24.4 Å². The summed E-state index contributed by atoms with van der Waals surface area (Å²) in [6.45, 7) is 2.04. The molecule has 2 heterocycles. The number of rotatable bonds is 3. The maximum atomic E-state index is 6.07. The van der Waals surface area contributed by atoms with Crippen molar-refractivity contribution in [1.29, 1.82) is 0 Å². The molecular weight excluding hydrogens is 290 g/mol. The molecule has 0 saturated heterocycles. The molecule has 21 heavy (non-hydrogen) atoms. The first-order valence-electron chi connectivity index (χ1n) is 6.46. The van der Waals surface area contributed by atoms with Crippen LogP contribution in [0.1, 0.15) is 12.6 Å². The fourth-order valence-electron chi connectivity index (χ4n) is 2.15. The lowest BCUT2D eigenvalue weighted by Gasteiger charge is -2.05. The highest BCUT2D eigenvalue weighted by Gasteiger charge is 2.16. The smallest absolute Gasteiger partial charge is 0.187 e. The molecule has 0 aliphatic rings. The van der Waals surface area contributed by atoms with E-state index in [0.29, 0.717) is 16.5 Å². The fourth-order valence-corrected chi connectivity index (χ4v) is 2.33. The number of hydrogen-bond acceptors (Lipinski definition) is 5. The van der Waals surface area contributed by atoms with Gasteiger partial charge in [0.2, 0.25) is 0 Å². The van der Waals surface area contributed by atoms with Gasteiger partial charge in [-0.05, 0) is 35.0 Å². The van der Waals surface area contributed by atoms with Crippen molar-refractivity contribution in [3.05, 3.63) is 35.1 Å². The minimum atomic E-state index is 0.476. The second-order valence-corrected chi connectivity index (χ2v) is 5.05. The van der Waals surface area contributed by atoms with Gasteiger partial charge in [0, 0.05) is 12.6 Å². The molecule has 0 radical (unpaired) electrons. The molecule has 0 saturated carbocycles. The molecular formula is C13H14ClN7. The molecule has 2 N–H and O–H groups in total. The van der Waals surface area contributed by atoms with Gasteiger partial charge in [-0.3, -0.25) is 4.68 Å². The maximum Gasteiger partial charge on any atom is 0.187 e. The molecule has 3 aromatic rings. The quantitative estimate of drug-likeness (QED) is 0.746. The summed E-state index contributed by atoms with van der Waals surface area (Å²) in [5.74, 6) is 0.597. The summed E-state index contributed by atoms with van der Waals surface area (Å²) in [6.07, 6.45) is 2.68. The van der Waals surface area contributed by atoms with Crippen LogP contribution in [0.2, 0.25) is 5.02 Å². The van der Waals surface area contributed by atoms with E-state index in [1.165, 1.54) is 0 Å². The molecule has 0 amide bonds. The van der Waals surface area contributed by atoms with E-state index in [4.69, 9.17) is 17.3 Å². The van der Waals surface area contributed by atoms with Crippen molar-refractivity contribution >= 4 is 17.3 Å². The minimum Gasteiger partial charge on any atom is -0.398 e. The van der Waals surface area contributed by atoms with Crippen LogP contribution in [0.5, 0.6) is 0 Å². The van der Waals surface area contributed by atoms with Gasteiger partial charge in [0.1, 0.15) is 5.69 Å². The summed E-state index contributed by atoms with van der Waals surface area (Å²) < 4.78 is 3.41. The maximum absolute atomic E-state index is 6.07. The Morgan fingerprint density at radius 1 is 1.33 bits per heavy atom. The first-order chi connectivity index (χ1) is 10.1. The predicted octanol–water partition coefficient (Wildman–Crippen LogP) is 1.86. The SMILES string of the molecule is CCc1nn(C)cc1-n1nnnc1-c1ccc(N)c(Cl)c1. The van der Waals surface area contributed by atoms with E-state index in [9.17, 15) is 0 Å². The van der Waals surface area contributed by atoms with Crippen molar-refractivity contribution in [1.82, 2.24) is 30.0 Å². The lowest BCUT2D eigenvalue weighted by molar-refractivity contribution is 0.746. The number of nitrogen functional groups attached to an aromatic ring is 1. The number of benzene rings is 1. The highest BCUT2D eigenvalue weighted by Crippen LogP contribution is 2.27. The van der Waals surface area contributed by atoms with Gasteiger partial charge in [-0.25, -0.2) is 0 Å². The summed E-state index contributed by atoms with van der Waals surface area (Å²) in [5, 5.41) is 16.8. The van der Waals surface area contributed by atoms with E-state index in [2.05, 4.69) is 20.6 Å². The second kappa shape index (κ2) is 5.17. The van der Waals surface area contributed by atoms with Crippen LogP contribution in [0.25, 0.3) is 17.1 Å². The number of nitrogens with two attached hydrogens (primary N) is 1. The molecule has 7 nitrogen and oxygen atoms in total. The van der Waals surface area contributed by atoms with Gasteiger partial charge in [-0.15, -0.1) is 5.10 Å². The average Bonchev–Trinajstić information content (AvgIpc) is 3.07. The number of hydrogen-bond donors (Lipinski definition) is 1. The van der Waals surface area contributed by atoms with E-state index in [1.807, 2.05) is 26.2 Å². The number of aryl methyl sites for hydroxylation is 2. The van der Waals surface area contributed by atoms with Crippen molar-refractivity contribution in [2.75, 3.05) is 5.73 Å². The van der Waals surface area contributed by atoms with Crippen LogP contribution in [0.3, 0.4) is 0 Å². The summed E-state index contributed by atoms with van der Waals surface area (Å²) in [6, 6.07) is 5.33. The number of tetrazole rings is 1. The summed E-state index contributed by atoms with van der Waals surface area (Å²) in [4.78, 5) is 0. The highest BCUT2D eigenvalue weighted by molar-refractivity contribution is 6.33. The lowest BCUT2D eigenvalue weighted by Crippen LogP contribution is -2.02. The Balaban J connectivity index is 2.14.